The van der Waals surface area contributed by atoms with Gasteiger partial charge in [-0.25, -0.2) is 5.43 Å². The molecule has 4 nitrogen and oxygen atoms in total. The molecule has 1 heterocycles. The second-order valence-corrected chi connectivity index (χ2v) is 3.96. The van der Waals surface area contributed by atoms with Crippen LogP contribution in [0.15, 0.2) is 29.4 Å². The van der Waals surface area contributed by atoms with E-state index in [1.807, 2.05) is 38.2 Å². The van der Waals surface area contributed by atoms with E-state index < -0.39 is 0 Å². The average molecular weight is 217 g/mol. The van der Waals surface area contributed by atoms with Crippen molar-refractivity contribution in [3.63, 3.8) is 0 Å². The van der Waals surface area contributed by atoms with Gasteiger partial charge in [0.1, 0.15) is 0 Å². The zero-order valence-corrected chi connectivity index (χ0v) is 9.45. The van der Waals surface area contributed by atoms with Crippen molar-refractivity contribution in [1.29, 1.82) is 0 Å². The Hall–Kier alpha value is -1.84. The van der Waals surface area contributed by atoms with E-state index in [2.05, 4.69) is 15.8 Å². The van der Waals surface area contributed by atoms with E-state index in [9.17, 15) is 4.79 Å². The Morgan fingerprint density at radius 3 is 2.62 bits per heavy atom. The molecule has 1 aromatic rings. The molecular weight excluding hydrogens is 202 g/mol. The maximum Gasteiger partial charge on any atom is 0.240 e. The van der Waals surface area contributed by atoms with Crippen LogP contribution in [0, 0.1) is 5.92 Å². The number of benzene rings is 1. The van der Waals surface area contributed by atoms with Crippen molar-refractivity contribution < 1.29 is 4.79 Å². The second-order valence-electron chi connectivity index (χ2n) is 3.96. The molecule has 1 unspecified atom stereocenters. The van der Waals surface area contributed by atoms with Gasteiger partial charge in [-0.1, -0.05) is 19.1 Å². The van der Waals surface area contributed by atoms with Gasteiger partial charge in [0.25, 0.3) is 0 Å². The number of hydrogen-bond acceptors (Lipinski definition) is 3. The molecule has 1 aliphatic heterocycles. The number of carbonyl (C=O) groups is 1. The summed E-state index contributed by atoms with van der Waals surface area (Å²) < 4.78 is 0. The van der Waals surface area contributed by atoms with Gasteiger partial charge in [-0.15, -0.1) is 0 Å². The Bertz CT molecular complexity index is 422. The van der Waals surface area contributed by atoms with Crippen LogP contribution in [0.5, 0.6) is 0 Å². The fraction of sp³-hybridized carbons (Fsp3) is 0.333. The van der Waals surface area contributed by atoms with Crippen LogP contribution in [0.4, 0.5) is 5.69 Å². The van der Waals surface area contributed by atoms with Gasteiger partial charge in [0, 0.05) is 25.1 Å². The fourth-order valence-electron chi connectivity index (χ4n) is 1.81. The molecule has 0 spiro atoms. The van der Waals surface area contributed by atoms with Crippen LogP contribution in [-0.2, 0) is 4.79 Å². The maximum atomic E-state index is 11.1. The number of nitrogens with one attached hydrogen (secondary N) is 2. The lowest BCUT2D eigenvalue weighted by Gasteiger charge is -2.19. The Kier molecular flexibility index (Phi) is 2.90. The highest BCUT2D eigenvalue weighted by Gasteiger charge is 2.21. The summed E-state index contributed by atoms with van der Waals surface area (Å²) in [6.45, 7) is 2.02. The molecule has 1 atom stereocenters. The standard InChI is InChI=1S/C12H15N3O/c1-8-7-11(16)14-15-12(8)9-3-5-10(13-2)6-4-9/h3-6,8,13H,7H2,1-2H3,(H,14,16). The molecule has 0 saturated heterocycles. The zero-order chi connectivity index (χ0) is 11.5. The third kappa shape index (κ3) is 2.05. The number of hydrazone groups is 1. The molecular formula is C12H15N3O. The fourth-order valence-corrected chi connectivity index (χ4v) is 1.81. The normalized spacial score (nSPS) is 20.0. The van der Waals surface area contributed by atoms with Crippen molar-refractivity contribution in [2.45, 2.75) is 13.3 Å². The van der Waals surface area contributed by atoms with Gasteiger partial charge in [-0.3, -0.25) is 4.79 Å². The Morgan fingerprint density at radius 2 is 2.06 bits per heavy atom. The highest BCUT2D eigenvalue weighted by Crippen LogP contribution is 2.18. The number of carbonyl (C=O) groups excluding carboxylic acids is 1. The molecule has 2 rings (SSSR count). The van der Waals surface area contributed by atoms with Gasteiger partial charge in [0.15, 0.2) is 0 Å². The van der Waals surface area contributed by atoms with Gasteiger partial charge in [-0.2, -0.15) is 5.10 Å². The van der Waals surface area contributed by atoms with Crippen molar-refractivity contribution in [2.75, 3.05) is 12.4 Å². The first-order chi connectivity index (χ1) is 7.70. The molecule has 84 valence electrons. The van der Waals surface area contributed by atoms with Crippen LogP contribution in [-0.4, -0.2) is 18.7 Å². The van der Waals surface area contributed by atoms with Gasteiger partial charge < -0.3 is 5.32 Å². The number of rotatable bonds is 2. The molecule has 0 aromatic heterocycles. The van der Waals surface area contributed by atoms with Crippen LogP contribution < -0.4 is 10.7 Å². The van der Waals surface area contributed by atoms with Gasteiger partial charge in [0.2, 0.25) is 5.91 Å². The van der Waals surface area contributed by atoms with Crippen molar-refractivity contribution >= 4 is 17.3 Å². The number of hydrogen-bond donors (Lipinski definition) is 2. The molecule has 2 N–H and O–H groups in total. The molecule has 0 fully saturated rings. The topological polar surface area (TPSA) is 53.5 Å². The minimum Gasteiger partial charge on any atom is -0.388 e. The minimum absolute atomic E-state index is 0.0110. The molecule has 1 aromatic carbocycles. The van der Waals surface area contributed by atoms with Crippen LogP contribution in [0.2, 0.25) is 0 Å². The monoisotopic (exact) mass is 217 g/mol. The average Bonchev–Trinajstić information content (AvgIpc) is 2.29. The van der Waals surface area contributed by atoms with E-state index in [0.29, 0.717) is 6.42 Å². The number of amides is 1. The van der Waals surface area contributed by atoms with E-state index in [4.69, 9.17) is 0 Å². The maximum absolute atomic E-state index is 11.1. The molecule has 16 heavy (non-hydrogen) atoms. The molecule has 4 heteroatoms. The van der Waals surface area contributed by atoms with E-state index in [1.54, 1.807) is 0 Å². The van der Waals surface area contributed by atoms with Gasteiger partial charge in [0.05, 0.1) is 5.71 Å². The van der Waals surface area contributed by atoms with Crippen LogP contribution in [0.1, 0.15) is 18.9 Å². The Labute approximate surface area is 94.7 Å². The lowest BCUT2D eigenvalue weighted by atomic mass is 9.94. The smallest absolute Gasteiger partial charge is 0.240 e. The van der Waals surface area contributed by atoms with E-state index in [0.717, 1.165) is 17.0 Å². The van der Waals surface area contributed by atoms with Gasteiger partial charge >= 0.3 is 0 Å². The molecule has 0 radical (unpaired) electrons. The first-order valence-corrected chi connectivity index (χ1v) is 5.35. The lowest BCUT2D eigenvalue weighted by molar-refractivity contribution is -0.121. The van der Waals surface area contributed by atoms with E-state index in [-0.39, 0.29) is 11.8 Å². The Morgan fingerprint density at radius 1 is 1.38 bits per heavy atom. The minimum atomic E-state index is -0.0110. The lowest BCUT2D eigenvalue weighted by Crippen LogP contribution is -2.31. The van der Waals surface area contributed by atoms with Crippen LogP contribution in [0.25, 0.3) is 0 Å². The summed E-state index contributed by atoms with van der Waals surface area (Å²) in [5, 5.41) is 7.18. The molecule has 0 saturated carbocycles. The quantitative estimate of drug-likeness (QED) is 0.790. The first-order valence-electron chi connectivity index (χ1n) is 5.35. The third-order valence-corrected chi connectivity index (χ3v) is 2.73. The van der Waals surface area contributed by atoms with Crippen molar-refractivity contribution in [3.05, 3.63) is 29.8 Å². The van der Waals surface area contributed by atoms with Crippen LogP contribution in [0.3, 0.4) is 0 Å². The summed E-state index contributed by atoms with van der Waals surface area (Å²) in [6.07, 6.45) is 0.507. The summed E-state index contributed by atoms with van der Waals surface area (Å²) >= 11 is 0. The predicted molar refractivity (Wildman–Crippen MR) is 64.4 cm³/mol. The molecule has 0 bridgehead atoms. The molecule has 1 aliphatic rings. The summed E-state index contributed by atoms with van der Waals surface area (Å²) in [4.78, 5) is 11.1. The van der Waals surface area contributed by atoms with Crippen molar-refractivity contribution in [3.8, 4) is 0 Å². The van der Waals surface area contributed by atoms with Crippen LogP contribution >= 0.6 is 0 Å². The highest BCUT2D eigenvalue weighted by molar-refractivity contribution is 6.05. The predicted octanol–water partition coefficient (Wildman–Crippen LogP) is 1.59. The highest BCUT2D eigenvalue weighted by atomic mass is 16.2. The first kappa shape index (κ1) is 10.7. The zero-order valence-electron chi connectivity index (χ0n) is 9.45. The molecule has 0 aliphatic carbocycles. The number of anilines is 1. The van der Waals surface area contributed by atoms with Crippen molar-refractivity contribution in [2.24, 2.45) is 11.0 Å². The second kappa shape index (κ2) is 4.35. The number of nitrogens with zero attached hydrogens (tertiary/aromatic N) is 1. The van der Waals surface area contributed by atoms with Crippen molar-refractivity contribution in [1.82, 2.24) is 5.43 Å². The van der Waals surface area contributed by atoms with Gasteiger partial charge in [-0.05, 0) is 17.7 Å². The summed E-state index contributed by atoms with van der Waals surface area (Å²) in [5.41, 5.74) is 5.60. The summed E-state index contributed by atoms with van der Waals surface area (Å²) in [5.74, 6) is 0.164. The van der Waals surface area contributed by atoms with E-state index in [1.165, 1.54) is 0 Å². The molecule has 1 amide bonds. The SMILES string of the molecule is CNc1ccc(C2=NNC(=O)CC2C)cc1. The van der Waals surface area contributed by atoms with E-state index >= 15 is 0 Å². The summed E-state index contributed by atoms with van der Waals surface area (Å²) in [7, 11) is 1.88. The largest absolute Gasteiger partial charge is 0.388 e. The third-order valence-electron chi connectivity index (χ3n) is 2.73. The summed E-state index contributed by atoms with van der Waals surface area (Å²) in [6, 6.07) is 8.03. The Balaban J connectivity index is 2.26.